The molecule has 0 radical (unpaired) electrons. The number of carbonyl (C=O) groups is 2. The van der Waals surface area contributed by atoms with Crippen LogP contribution in [0.3, 0.4) is 0 Å². The molecule has 7 heteroatoms. The SMILES string of the molecule is CCOC(=O)N1CCN(C(=O)COCCN)CC1. The summed E-state index contributed by atoms with van der Waals surface area (Å²) in [5, 5.41) is 0. The van der Waals surface area contributed by atoms with Gasteiger partial charge in [0.15, 0.2) is 0 Å². The van der Waals surface area contributed by atoms with Gasteiger partial charge in [0.05, 0.1) is 13.2 Å². The zero-order valence-electron chi connectivity index (χ0n) is 10.8. The molecular formula is C11H21N3O4. The van der Waals surface area contributed by atoms with E-state index >= 15 is 0 Å². The number of amides is 2. The average molecular weight is 259 g/mol. The quantitative estimate of drug-likeness (QED) is 0.657. The van der Waals surface area contributed by atoms with Gasteiger partial charge in [0, 0.05) is 32.7 Å². The number of hydrogen-bond donors (Lipinski definition) is 1. The van der Waals surface area contributed by atoms with E-state index in [2.05, 4.69) is 0 Å². The van der Waals surface area contributed by atoms with Crippen LogP contribution in [0.15, 0.2) is 0 Å². The Bertz CT molecular complexity index is 277. The fraction of sp³-hybridized carbons (Fsp3) is 0.818. The molecule has 0 spiro atoms. The van der Waals surface area contributed by atoms with Gasteiger partial charge >= 0.3 is 6.09 Å². The van der Waals surface area contributed by atoms with Crippen LogP contribution in [-0.2, 0) is 14.3 Å². The molecular weight excluding hydrogens is 238 g/mol. The van der Waals surface area contributed by atoms with E-state index in [0.717, 1.165) is 0 Å². The van der Waals surface area contributed by atoms with Crippen LogP contribution in [-0.4, -0.2) is 74.3 Å². The number of rotatable bonds is 5. The van der Waals surface area contributed by atoms with Crippen LogP contribution in [0.5, 0.6) is 0 Å². The van der Waals surface area contributed by atoms with Crippen LogP contribution >= 0.6 is 0 Å². The van der Waals surface area contributed by atoms with Crippen molar-refractivity contribution < 1.29 is 19.1 Å². The van der Waals surface area contributed by atoms with Crippen molar-refractivity contribution in [3.05, 3.63) is 0 Å². The van der Waals surface area contributed by atoms with Gasteiger partial charge in [-0.25, -0.2) is 4.79 Å². The van der Waals surface area contributed by atoms with E-state index in [1.54, 1.807) is 16.7 Å². The molecule has 0 aliphatic carbocycles. The lowest BCUT2D eigenvalue weighted by Crippen LogP contribution is -2.51. The second kappa shape index (κ2) is 7.88. The van der Waals surface area contributed by atoms with E-state index in [1.807, 2.05) is 0 Å². The normalized spacial score (nSPS) is 15.7. The number of ether oxygens (including phenoxy) is 2. The summed E-state index contributed by atoms with van der Waals surface area (Å²) in [6.07, 6.45) is -0.316. The number of hydrogen-bond acceptors (Lipinski definition) is 5. The van der Waals surface area contributed by atoms with Gasteiger partial charge in [-0.15, -0.1) is 0 Å². The Morgan fingerprint density at radius 2 is 1.78 bits per heavy atom. The minimum atomic E-state index is -0.316. The van der Waals surface area contributed by atoms with Crippen molar-refractivity contribution in [3.63, 3.8) is 0 Å². The Balaban J connectivity index is 2.26. The maximum absolute atomic E-state index is 11.7. The first-order valence-electron chi connectivity index (χ1n) is 6.16. The molecule has 0 saturated carbocycles. The lowest BCUT2D eigenvalue weighted by Gasteiger charge is -2.33. The predicted octanol–water partition coefficient (Wildman–Crippen LogP) is -0.738. The first kappa shape index (κ1) is 14.7. The lowest BCUT2D eigenvalue weighted by molar-refractivity contribution is -0.137. The van der Waals surface area contributed by atoms with Gasteiger partial charge in [-0.1, -0.05) is 0 Å². The molecule has 0 unspecified atom stereocenters. The van der Waals surface area contributed by atoms with Gasteiger partial charge in [-0.3, -0.25) is 4.79 Å². The zero-order chi connectivity index (χ0) is 13.4. The van der Waals surface area contributed by atoms with E-state index in [4.69, 9.17) is 15.2 Å². The molecule has 2 amide bonds. The van der Waals surface area contributed by atoms with E-state index in [0.29, 0.717) is 45.9 Å². The van der Waals surface area contributed by atoms with Gasteiger partial charge in [-0.2, -0.15) is 0 Å². The van der Waals surface area contributed by atoms with Crippen LogP contribution in [0.1, 0.15) is 6.92 Å². The van der Waals surface area contributed by atoms with Crippen LogP contribution in [0.25, 0.3) is 0 Å². The highest BCUT2D eigenvalue weighted by Gasteiger charge is 2.24. The van der Waals surface area contributed by atoms with Crippen LogP contribution in [0.2, 0.25) is 0 Å². The van der Waals surface area contributed by atoms with Crippen molar-refractivity contribution in [2.45, 2.75) is 6.92 Å². The third kappa shape index (κ3) is 4.50. The van der Waals surface area contributed by atoms with Crippen LogP contribution < -0.4 is 5.73 Å². The molecule has 0 bridgehead atoms. The topological polar surface area (TPSA) is 85.1 Å². The maximum Gasteiger partial charge on any atom is 0.409 e. The van der Waals surface area contributed by atoms with E-state index in [-0.39, 0.29) is 18.6 Å². The molecule has 1 fully saturated rings. The molecule has 1 saturated heterocycles. The lowest BCUT2D eigenvalue weighted by atomic mass is 10.3. The van der Waals surface area contributed by atoms with Crippen molar-refractivity contribution in [2.24, 2.45) is 5.73 Å². The Kier molecular flexibility index (Phi) is 6.45. The highest BCUT2D eigenvalue weighted by Crippen LogP contribution is 2.04. The fourth-order valence-corrected chi connectivity index (χ4v) is 1.69. The summed E-state index contributed by atoms with van der Waals surface area (Å²) in [6, 6.07) is 0. The van der Waals surface area contributed by atoms with Crippen molar-refractivity contribution in [3.8, 4) is 0 Å². The molecule has 0 aromatic heterocycles. The van der Waals surface area contributed by atoms with Crippen LogP contribution in [0.4, 0.5) is 4.79 Å². The van der Waals surface area contributed by atoms with E-state index < -0.39 is 0 Å². The first-order chi connectivity index (χ1) is 8.69. The molecule has 1 aliphatic rings. The highest BCUT2D eigenvalue weighted by atomic mass is 16.6. The molecule has 2 N–H and O–H groups in total. The third-order valence-corrected chi connectivity index (χ3v) is 2.65. The summed E-state index contributed by atoms with van der Waals surface area (Å²) < 4.78 is 9.99. The summed E-state index contributed by atoms with van der Waals surface area (Å²) in [4.78, 5) is 26.4. The number of nitrogens with zero attached hydrogens (tertiary/aromatic N) is 2. The Morgan fingerprint density at radius 3 is 2.33 bits per heavy atom. The predicted molar refractivity (Wildman–Crippen MR) is 65.0 cm³/mol. The number of nitrogens with two attached hydrogens (primary N) is 1. The highest BCUT2D eigenvalue weighted by molar-refractivity contribution is 5.78. The number of piperazine rings is 1. The first-order valence-corrected chi connectivity index (χ1v) is 6.16. The molecule has 1 aliphatic heterocycles. The molecule has 0 aromatic rings. The minimum absolute atomic E-state index is 0.0522. The summed E-state index contributed by atoms with van der Waals surface area (Å²) in [7, 11) is 0. The third-order valence-electron chi connectivity index (χ3n) is 2.65. The van der Waals surface area contributed by atoms with Crippen LogP contribution in [0, 0.1) is 0 Å². The molecule has 0 atom stereocenters. The molecule has 18 heavy (non-hydrogen) atoms. The minimum Gasteiger partial charge on any atom is -0.450 e. The molecule has 104 valence electrons. The van der Waals surface area contributed by atoms with Gasteiger partial charge in [0.2, 0.25) is 5.91 Å². The summed E-state index contributed by atoms with van der Waals surface area (Å²) in [5.41, 5.74) is 5.27. The zero-order valence-corrected chi connectivity index (χ0v) is 10.8. The fourth-order valence-electron chi connectivity index (χ4n) is 1.69. The van der Waals surface area contributed by atoms with Crippen molar-refractivity contribution >= 4 is 12.0 Å². The second-order valence-electron chi connectivity index (χ2n) is 3.91. The molecule has 1 rings (SSSR count). The summed E-state index contributed by atoms with van der Waals surface area (Å²) >= 11 is 0. The van der Waals surface area contributed by atoms with E-state index in [9.17, 15) is 9.59 Å². The van der Waals surface area contributed by atoms with Crippen molar-refractivity contribution in [2.75, 3.05) is 52.5 Å². The molecule has 1 heterocycles. The largest absolute Gasteiger partial charge is 0.450 e. The standard InChI is InChI=1S/C11H21N3O4/c1-2-18-11(16)14-6-4-13(5-7-14)10(15)9-17-8-3-12/h2-9,12H2,1H3. The average Bonchev–Trinajstić information content (AvgIpc) is 2.39. The second-order valence-corrected chi connectivity index (χ2v) is 3.91. The number of carbonyl (C=O) groups excluding carboxylic acids is 2. The Hall–Kier alpha value is -1.34. The monoisotopic (exact) mass is 259 g/mol. The Morgan fingerprint density at radius 1 is 1.17 bits per heavy atom. The van der Waals surface area contributed by atoms with E-state index in [1.165, 1.54) is 0 Å². The molecule has 7 nitrogen and oxygen atoms in total. The summed E-state index contributed by atoms with van der Waals surface area (Å²) in [6.45, 7) is 5.02. The molecule has 0 aromatic carbocycles. The van der Waals surface area contributed by atoms with Gasteiger partial charge in [0.25, 0.3) is 0 Å². The maximum atomic E-state index is 11.7. The van der Waals surface area contributed by atoms with Crippen molar-refractivity contribution in [1.82, 2.24) is 9.80 Å². The van der Waals surface area contributed by atoms with Gasteiger partial charge in [-0.05, 0) is 6.92 Å². The smallest absolute Gasteiger partial charge is 0.409 e. The van der Waals surface area contributed by atoms with Gasteiger partial charge < -0.3 is 25.0 Å². The Labute approximate surface area is 107 Å². The summed E-state index contributed by atoms with van der Waals surface area (Å²) in [5.74, 6) is -0.0630. The van der Waals surface area contributed by atoms with Crippen molar-refractivity contribution in [1.29, 1.82) is 0 Å². The van der Waals surface area contributed by atoms with Gasteiger partial charge in [0.1, 0.15) is 6.61 Å².